The normalized spacial score (nSPS) is 19.1. The lowest BCUT2D eigenvalue weighted by molar-refractivity contribution is -0.114. The summed E-state index contributed by atoms with van der Waals surface area (Å²) in [7, 11) is 0. The molecule has 0 radical (unpaired) electrons. The van der Waals surface area contributed by atoms with E-state index in [1.54, 1.807) is 17.1 Å². The van der Waals surface area contributed by atoms with E-state index in [9.17, 15) is 9.59 Å². The number of carbonyl (C=O) groups excluding carboxylic acids is 2. The van der Waals surface area contributed by atoms with Crippen LogP contribution in [0, 0.1) is 0 Å². The number of amides is 2. The molecule has 2 heterocycles. The quantitative estimate of drug-likeness (QED) is 0.857. The van der Waals surface area contributed by atoms with Gasteiger partial charge in [-0.25, -0.2) is 0 Å². The summed E-state index contributed by atoms with van der Waals surface area (Å²) < 4.78 is 0. The van der Waals surface area contributed by atoms with E-state index in [1.807, 2.05) is 43.3 Å². The molecular weight excluding hydrogens is 276 g/mol. The number of anilines is 2. The summed E-state index contributed by atoms with van der Waals surface area (Å²) in [4.78, 5) is 27.0. The molecule has 0 bridgehead atoms. The highest BCUT2D eigenvalue weighted by molar-refractivity contribution is 6.09. The summed E-state index contributed by atoms with van der Waals surface area (Å²) in [6.45, 7) is 5.88. The number of benzene rings is 1. The van der Waals surface area contributed by atoms with E-state index >= 15 is 0 Å². The maximum absolute atomic E-state index is 12.0. The maximum Gasteiger partial charge on any atom is 0.255 e. The van der Waals surface area contributed by atoms with Gasteiger partial charge >= 0.3 is 0 Å². The average Bonchev–Trinajstić information content (AvgIpc) is 3.03. The highest BCUT2D eigenvalue weighted by atomic mass is 16.2. The lowest BCUT2D eigenvalue weighted by Crippen LogP contribution is -2.24. The molecule has 1 aromatic rings. The van der Waals surface area contributed by atoms with Gasteiger partial charge in [-0.05, 0) is 42.8 Å². The molecular formula is C18H16N2O2. The Morgan fingerprint density at radius 1 is 0.909 bits per heavy atom. The van der Waals surface area contributed by atoms with Crippen LogP contribution in [0.5, 0.6) is 0 Å². The Balaban J connectivity index is 1.89. The summed E-state index contributed by atoms with van der Waals surface area (Å²) >= 11 is 0. The first kappa shape index (κ1) is 14.1. The van der Waals surface area contributed by atoms with Crippen molar-refractivity contribution >= 4 is 23.2 Å². The zero-order valence-corrected chi connectivity index (χ0v) is 12.3. The number of hydrogen-bond donors (Lipinski definition) is 0. The molecule has 1 aromatic carbocycles. The van der Waals surface area contributed by atoms with Crippen molar-refractivity contribution < 1.29 is 9.59 Å². The van der Waals surface area contributed by atoms with Crippen molar-refractivity contribution in [2.75, 3.05) is 9.80 Å². The summed E-state index contributed by atoms with van der Waals surface area (Å²) in [6, 6.07) is 7.31. The van der Waals surface area contributed by atoms with E-state index in [0.717, 1.165) is 23.5 Å². The number of nitrogens with zero attached hydrogens (tertiary/aromatic N) is 2. The van der Waals surface area contributed by atoms with Crippen LogP contribution >= 0.6 is 0 Å². The van der Waals surface area contributed by atoms with Gasteiger partial charge in [-0.2, -0.15) is 0 Å². The first-order chi connectivity index (χ1) is 10.6. The van der Waals surface area contributed by atoms with Crippen molar-refractivity contribution in [3.05, 3.63) is 72.6 Å². The van der Waals surface area contributed by atoms with Gasteiger partial charge in [0.05, 0.1) is 0 Å². The van der Waals surface area contributed by atoms with E-state index in [1.165, 1.54) is 11.0 Å². The van der Waals surface area contributed by atoms with Gasteiger partial charge in [0.25, 0.3) is 11.8 Å². The molecule has 0 atom stereocenters. The molecule has 0 spiro atoms. The van der Waals surface area contributed by atoms with Crippen LogP contribution in [0.15, 0.2) is 72.6 Å². The van der Waals surface area contributed by atoms with Crippen LogP contribution in [-0.4, -0.2) is 11.8 Å². The second-order valence-electron chi connectivity index (χ2n) is 5.06. The van der Waals surface area contributed by atoms with E-state index < -0.39 is 0 Å². The molecule has 0 saturated carbocycles. The third kappa shape index (κ3) is 2.29. The predicted octanol–water partition coefficient (Wildman–Crippen LogP) is 3.30. The zero-order valence-electron chi connectivity index (χ0n) is 12.3. The molecule has 22 heavy (non-hydrogen) atoms. The smallest absolute Gasteiger partial charge is 0.255 e. The van der Waals surface area contributed by atoms with Crippen molar-refractivity contribution in [2.45, 2.75) is 13.3 Å². The highest BCUT2D eigenvalue weighted by Crippen LogP contribution is 2.30. The van der Waals surface area contributed by atoms with Gasteiger partial charge in [0, 0.05) is 34.9 Å². The van der Waals surface area contributed by atoms with Gasteiger partial charge in [0.1, 0.15) is 0 Å². The number of carbonyl (C=O) groups is 2. The van der Waals surface area contributed by atoms with Gasteiger partial charge in [-0.3, -0.25) is 19.4 Å². The van der Waals surface area contributed by atoms with Gasteiger partial charge in [-0.15, -0.1) is 0 Å². The predicted molar refractivity (Wildman–Crippen MR) is 87.2 cm³/mol. The van der Waals surface area contributed by atoms with Crippen molar-refractivity contribution in [1.29, 1.82) is 0 Å². The van der Waals surface area contributed by atoms with Crippen molar-refractivity contribution in [3.63, 3.8) is 0 Å². The molecule has 110 valence electrons. The van der Waals surface area contributed by atoms with Gasteiger partial charge < -0.3 is 0 Å². The summed E-state index contributed by atoms with van der Waals surface area (Å²) in [5.41, 5.74) is 3.04. The standard InChI is InChI=1S/C18H16N2O2/c1-3-4-14-10-12-18(22)20(14)16-8-6-15(7-9-16)19-13(2)5-11-17(19)21/h4-12H,2-3H2,1H3/b14-4-. The fraction of sp³-hybridized carbons (Fsp3) is 0.111. The molecule has 0 unspecified atom stereocenters. The SMILES string of the molecule is C=C1C=CC(=O)N1c1ccc(N2C(=O)C=C/C2=C/CC)cc1. The second-order valence-corrected chi connectivity index (χ2v) is 5.06. The van der Waals surface area contributed by atoms with E-state index in [0.29, 0.717) is 5.70 Å². The second kappa shape index (κ2) is 5.48. The van der Waals surface area contributed by atoms with Crippen LogP contribution in [0.4, 0.5) is 11.4 Å². The summed E-state index contributed by atoms with van der Waals surface area (Å²) in [5, 5.41) is 0. The minimum absolute atomic E-state index is 0.0595. The topological polar surface area (TPSA) is 40.6 Å². The Morgan fingerprint density at radius 2 is 1.45 bits per heavy atom. The largest absolute Gasteiger partial charge is 0.278 e. The Kier molecular flexibility index (Phi) is 3.51. The van der Waals surface area contributed by atoms with Gasteiger partial charge in [0.15, 0.2) is 0 Å². The Morgan fingerprint density at radius 3 is 2.00 bits per heavy atom. The molecule has 4 nitrogen and oxygen atoms in total. The minimum atomic E-state index is -0.108. The van der Waals surface area contributed by atoms with Crippen LogP contribution in [0.1, 0.15) is 13.3 Å². The Bertz CT molecular complexity index is 721. The van der Waals surface area contributed by atoms with Crippen LogP contribution in [-0.2, 0) is 9.59 Å². The number of hydrogen-bond acceptors (Lipinski definition) is 2. The number of allylic oxidation sites excluding steroid dienone is 3. The molecule has 2 aliphatic rings. The lowest BCUT2D eigenvalue weighted by Gasteiger charge is -2.21. The van der Waals surface area contributed by atoms with E-state index in [-0.39, 0.29) is 11.8 Å². The van der Waals surface area contributed by atoms with Crippen molar-refractivity contribution in [1.82, 2.24) is 0 Å². The van der Waals surface area contributed by atoms with Crippen LogP contribution in [0.2, 0.25) is 0 Å². The molecule has 0 aromatic heterocycles. The summed E-state index contributed by atoms with van der Waals surface area (Å²) in [5.74, 6) is -0.168. The van der Waals surface area contributed by atoms with Gasteiger partial charge in [-0.1, -0.05) is 19.6 Å². The van der Waals surface area contributed by atoms with E-state index in [2.05, 4.69) is 6.58 Å². The fourth-order valence-corrected chi connectivity index (χ4v) is 2.58. The number of rotatable bonds is 3. The first-order valence-electron chi connectivity index (χ1n) is 7.15. The molecule has 2 aliphatic heterocycles. The van der Waals surface area contributed by atoms with Crippen molar-refractivity contribution in [3.8, 4) is 0 Å². The third-order valence-electron chi connectivity index (χ3n) is 3.58. The highest BCUT2D eigenvalue weighted by Gasteiger charge is 2.23. The molecule has 0 saturated heterocycles. The monoisotopic (exact) mass is 292 g/mol. The Labute approximate surface area is 129 Å². The van der Waals surface area contributed by atoms with Gasteiger partial charge in [0.2, 0.25) is 0 Å². The van der Waals surface area contributed by atoms with Crippen LogP contribution in [0.3, 0.4) is 0 Å². The molecule has 0 fully saturated rings. The zero-order chi connectivity index (χ0) is 15.7. The molecule has 2 amide bonds. The minimum Gasteiger partial charge on any atom is -0.278 e. The Hall–Kier alpha value is -2.88. The molecule has 4 heteroatoms. The average molecular weight is 292 g/mol. The first-order valence-corrected chi connectivity index (χ1v) is 7.15. The molecule has 0 aliphatic carbocycles. The van der Waals surface area contributed by atoms with E-state index in [4.69, 9.17) is 0 Å². The fourth-order valence-electron chi connectivity index (χ4n) is 2.58. The third-order valence-corrected chi connectivity index (χ3v) is 3.58. The summed E-state index contributed by atoms with van der Waals surface area (Å²) in [6.07, 6.45) is 9.42. The maximum atomic E-state index is 12.0. The van der Waals surface area contributed by atoms with Crippen LogP contribution in [0.25, 0.3) is 0 Å². The van der Waals surface area contributed by atoms with Crippen molar-refractivity contribution in [2.24, 2.45) is 0 Å². The van der Waals surface area contributed by atoms with Crippen LogP contribution < -0.4 is 9.80 Å². The molecule has 0 N–H and O–H groups in total. The molecule has 3 rings (SSSR count). The lowest BCUT2D eigenvalue weighted by atomic mass is 10.2.